The summed E-state index contributed by atoms with van der Waals surface area (Å²) in [5.74, 6) is 0. The van der Waals surface area contributed by atoms with Gasteiger partial charge < -0.3 is 0 Å². The zero-order valence-electron chi connectivity index (χ0n) is 15.5. The molecular formula is C20H19BrF3NO2S. The average Bonchev–Trinajstić information content (AvgIpc) is 2.99. The van der Waals surface area contributed by atoms with E-state index in [9.17, 15) is 21.6 Å². The molecule has 0 unspecified atom stereocenters. The molecule has 2 aromatic carbocycles. The molecule has 150 valence electrons. The van der Waals surface area contributed by atoms with Crippen LogP contribution >= 0.6 is 15.9 Å². The second-order valence-corrected chi connectivity index (χ2v) is 9.94. The molecule has 0 bridgehead atoms. The van der Waals surface area contributed by atoms with Crippen molar-refractivity contribution in [1.82, 2.24) is 3.97 Å². The van der Waals surface area contributed by atoms with Gasteiger partial charge in [0.2, 0.25) is 0 Å². The zero-order chi connectivity index (χ0) is 20.9. The second kappa shape index (κ2) is 6.91. The van der Waals surface area contributed by atoms with Crippen molar-refractivity contribution < 1.29 is 21.6 Å². The van der Waals surface area contributed by atoms with Crippen LogP contribution in [-0.4, -0.2) is 12.4 Å². The molecule has 3 rings (SSSR count). The van der Waals surface area contributed by atoms with E-state index in [0.717, 1.165) is 21.7 Å². The lowest BCUT2D eigenvalue weighted by Gasteiger charge is -2.20. The quantitative estimate of drug-likeness (QED) is 0.431. The first-order valence-corrected chi connectivity index (χ1v) is 11.1. The number of benzene rings is 2. The van der Waals surface area contributed by atoms with Crippen molar-refractivity contribution in [2.75, 3.05) is 0 Å². The number of nitrogens with zero attached hydrogens (tertiary/aromatic N) is 1. The van der Waals surface area contributed by atoms with Crippen molar-refractivity contribution in [3.8, 4) is 0 Å². The highest BCUT2D eigenvalue weighted by Gasteiger charge is 2.32. The van der Waals surface area contributed by atoms with Gasteiger partial charge in [-0.25, -0.2) is 12.4 Å². The number of halogens is 4. The number of alkyl halides is 4. The Balaban J connectivity index is 2.25. The van der Waals surface area contributed by atoms with Crippen molar-refractivity contribution in [2.45, 2.75) is 42.6 Å². The summed E-state index contributed by atoms with van der Waals surface area (Å²) in [4.78, 5) is 0.0968. The molecule has 0 aliphatic carbocycles. The SMILES string of the molecule is CC(C)(C)c1cccc(S(=O)(=O)n2c(CBr)cc3cc(C(F)(F)F)ccc32)c1. The molecule has 1 heterocycles. The fourth-order valence-corrected chi connectivity index (χ4v) is 5.20. The largest absolute Gasteiger partial charge is 0.416 e. The molecule has 0 fully saturated rings. The standard InChI is InChI=1S/C20H19BrF3NO2S/c1-19(2,3)14-5-4-6-17(11-14)28(26,27)25-16(12-21)10-13-9-15(20(22,23)24)7-8-18(13)25/h4-11H,12H2,1-3H3. The van der Waals surface area contributed by atoms with Crippen LogP contribution in [-0.2, 0) is 26.9 Å². The minimum atomic E-state index is -4.50. The summed E-state index contributed by atoms with van der Waals surface area (Å²) in [6, 6.07) is 11.2. The van der Waals surface area contributed by atoms with E-state index >= 15 is 0 Å². The molecule has 0 saturated carbocycles. The number of fused-ring (bicyclic) bond motifs is 1. The van der Waals surface area contributed by atoms with Crippen LogP contribution in [0.1, 0.15) is 37.6 Å². The van der Waals surface area contributed by atoms with Crippen molar-refractivity contribution in [1.29, 1.82) is 0 Å². The van der Waals surface area contributed by atoms with Gasteiger partial charge in [-0.15, -0.1) is 0 Å². The maximum absolute atomic E-state index is 13.4. The van der Waals surface area contributed by atoms with Gasteiger partial charge in [-0.2, -0.15) is 13.2 Å². The van der Waals surface area contributed by atoms with Gasteiger partial charge in [-0.05, 0) is 47.4 Å². The summed E-state index contributed by atoms with van der Waals surface area (Å²) in [6.07, 6.45) is -4.50. The van der Waals surface area contributed by atoms with Crippen molar-refractivity contribution >= 4 is 36.9 Å². The Bertz CT molecular complexity index is 1140. The lowest BCUT2D eigenvalue weighted by atomic mass is 9.87. The monoisotopic (exact) mass is 473 g/mol. The fourth-order valence-electron chi connectivity index (χ4n) is 3.03. The van der Waals surface area contributed by atoms with Gasteiger partial charge in [0.25, 0.3) is 10.0 Å². The van der Waals surface area contributed by atoms with Gasteiger partial charge in [-0.3, -0.25) is 0 Å². The topological polar surface area (TPSA) is 39.1 Å². The van der Waals surface area contributed by atoms with E-state index in [1.54, 1.807) is 12.1 Å². The summed E-state index contributed by atoms with van der Waals surface area (Å²) in [5.41, 5.74) is 0.360. The van der Waals surface area contributed by atoms with Gasteiger partial charge >= 0.3 is 6.18 Å². The first-order chi connectivity index (χ1) is 12.9. The Morgan fingerprint density at radius 1 is 0.964 bits per heavy atom. The maximum Gasteiger partial charge on any atom is 0.416 e. The molecule has 0 spiro atoms. The third-order valence-corrected chi connectivity index (χ3v) is 6.87. The third kappa shape index (κ3) is 3.72. The molecule has 3 aromatic rings. The summed E-state index contributed by atoms with van der Waals surface area (Å²) in [5, 5.41) is 0.404. The Morgan fingerprint density at radius 3 is 2.21 bits per heavy atom. The highest BCUT2D eigenvalue weighted by Crippen LogP contribution is 2.34. The summed E-state index contributed by atoms with van der Waals surface area (Å²) < 4.78 is 66.9. The van der Waals surface area contributed by atoms with E-state index < -0.39 is 21.8 Å². The van der Waals surface area contributed by atoms with Gasteiger partial charge in [0.1, 0.15) is 0 Å². The Labute approximate surface area is 170 Å². The summed E-state index contributed by atoms with van der Waals surface area (Å²) >= 11 is 3.25. The van der Waals surface area contributed by atoms with Crippen molar-refractivity contribution in [3.05, 3.63) is 65.4 Å². The normalized spacial score (nSPS) is 13.2. The predicted molar refractivity (Wildman–Crippen MR) is 107 cm³/mol. The smallest absolute Gasteiger partial charge is 0.237 e. The van der Waals surface area contributed by atoms with Gasteiger partial charge in [0, 0.05) is 16.4 Å². The first-order valence-electron chi connectivity index (χ1n) is 8.49. The molecule has 1 aromatic heterocycles. The van der Waals surface area contributed by atoms with Crippen molar-refractivity contribution in [3.63, 3.8) is 0 Å². The van der Waals surface area contributed by atoms with Crippen LogP contribution in [0, 0.1) is 0 Å². The van der Waals surface area contributed by atoms with E-state index in [-0.39, 0.29) is 26.5 Å². The molecule has 0 radical (unpaired) electrons. The lowest BCUT2D eigenvalue weighted by Crippen LogP contribution is -2.17. The molecule has 0 N–H and O–H groups in total. The van der Waals surface area contributed by atoms with Crippen LogP contribution in [0.3, 0.4) is 0 Å². The third-order valence-electron chi connectivity index (χ3n) is 4.53. The molecule has 0 amide bonds. The van der Waals surface area contributed by atoms with Crippen LogP contribution in [0.4, 0.5) is 13.2 Å². The van der Waals surface area contributed by atoms with E-state index in [4.69, 9.17) is 0 Å². The van der Waals surface area contributed by atoms with Crippen LogP contribution < -0.4 is 0 Å². The summed E-state index contributed by atoms with van der Waals surface area (Å²) in [6.45, 7) is 5.94. The number of hydrogen-bond donors (Lipinski definition) is 0. The molecule has 0 atom stereocenters. The number of rotatable bonds is 3. The maximum atomic E-state index is 13.4. The molecule has 0 aliphatic heterocycles. The van der Waals surface area contributed by atoms with Crippen LogP contribution in [0.25, 0.3) is 10.9 Å². The molecule has 0 aliphatic rings. The Hall–Kier alpha value is -1.80. The first kappa shape index (κ1) is 20.9. The van der Waals surface area contributed by atoms with E-state index in [1.807, 2.05) is 26.8 Å². The Kier molecular flexibility index (Phi) is 5.17. The minimum absolute atomic E-state index is 0.0968. The van der Waals surface area contributed by atoms with E-state index in [0.29, 0.717) is 5.69 Å². The number of hydrogen-bond acceptors (Lipinski definition) is 2. The molecule has 28 heavy (non-hydrogen) atoms. The molecular weight excluding hydrogens is 455 g/mol. The average molecular weight is 474 g/mol. The zero-order valence-corrected chi connectivity index (χ0v) is 17.9. The van der Waals surface area contributed by atoms with Crippen LogP contribution in [0.2, 0.25) is 0 Å². The molecule has 0 saturated heterocycles. The van der Waals surface area contributed by atoms with E-state index in [1.165, 1.54) is 18.2 Å². The van der Waals surface area contributed by atoms with Gasteiger partial charge in [-0.1, -0.05) is 48.8 Å². The van der Waals surface area contributed by atoms with E-state index in [2.05, 4.69) is 15.9 Å². The van der Waals surface area contributed by atoms with Crippen LogP contribution in [0.15, 0.2) is 53.4 Å². The van der Waals surface area contributed by atoms with Crippen LogP contribution in [0.5, 0.6) is 0 Å². The molecule has 3 nitrogen and oxygen atoms in total. The Morgan fingerprint density at radius 2 is 1.64 bits per heavy atom. The molecule has 8 heteroatoms. The predicted octanol–water partition coefficient (Wildman–Crippen LogP) is 6.09. The number of aromatic nitrogens is 1. The second-order valence-electron chi connectivity index (χ2n) is 7.59. The minimum Gasteiger partial charge on any atom is -0.237 e. The highest BCUT2D eigenvalue weighted by molar-refractivity contribution is 9.08. The van der Waals surface area contributed by atoms with Gasteiger partial charge in [0.15, 0.2) is 0 Å². The lowest BCUT2D eigenvalue weighted by molar-refractivity contribution is -0.137. The van der Waals surface area contributed by atoms with Gasteiger partial charge in [0.05, 0.1) is 16.0 Å². The fraction of sp³-hybridized carbons (Fsp3) is 0.300. The summed E-state index contributed by atoms with van der Waals surface area (Å²) in [7, 11) is -3.99. The highest BCUT2D eigenvalue weighted by atomic mass is 79.9. The van der Waals surface area contributed by atoms with Crippen molar-refractivity contribution in [2.24, 2.45) is 0 Å².